The Bertz CT molecular complexity index is 527. The molecule has 0 saturated carbocycles. The van der Waals surface area contributed by atoms with Crippen LogP contribution >= 0.6 is 33.9 Å². The minimum atomic E-state index is 0.0673. The average molecular weight is 315 g/mol. The second-order valence-electron chi connectivity index (χ2n) is 2.85. The van der Waals surface area contributed by atoms with Gasteiger partial charge in [0.25, 0.3) is 0 Å². The van der Waals surface area contributed by atoms with Gasteiger partial charge in [-0.15, -0.1) is 11.3 Å². The van der Waals surface area contributed by atoms with Gasteiger partial charge in [0.15, 0.2) is 0 Å². The maximum Gasteiger partial charge on any atom is 0.100 e. The van der Waals surface area contributed by atoms with Crippen LogP contribution in [0.3, 0.4) is 0 Å². The highest BCUT2D eigenvalue weighted by Crippen LogP contribution is 2.29. The van der Waals surface area contributed by atoms with E-state index in [1.165, 1.54) is 0 Å². The van der Waals surface area contributed by atoms with Crippen LogP contribution in [0.1, 0.15) is 10.4 Å². The summed E-state index contributed by atoms with van der Waals surface area (Å²) in [6.45, 7) is 0.0673. The van der Waals surface area contributed by atoms with Crippen molar-refractivity contribution in [3.05, 3.63) is 32.2 Å². The van der Waals surface area contributed by atoms with E-state index in [-0.39, 0.29) is 6.61 Å². The van der Waals surface area contributed by atoms with Crippen molar-refractivity contribution in [2.75, 3.05) is 0 Å². The number of hydrogen-bond donors (Lipinski definition) is 1. The summed E-state index contributed by atoms with van der Waals surface area (Å²) in [5.41, 5.74) is 0.695. The predicted molar refractivity (Wildman–Crippen MR) is 65.2 cm³/mol. The second kappa shape index (κ2) is 3.85. The number of hydrogen-bond acceptors (Lipinski definition) is 3. The summed E-state index contributed by atoms with van der Waals surface area (Å²) >= 11 is 3.72. The molecule has 4 heteroatoms. The molecule has 0 amide bonds. The van der Waals surface area contributed by atoms with Crippen molar-refractivity contribution in [2.24, 2.45) is 0 Å². The zero-order chi connectivity index (χ0) is 10.1. The number of nitrogens with zero attached hydrogens (tertiary/aromatic N) is 1. The van der Waals surface area contributed by atoms with Crippen LogP contribution in [0.15, 0.2) is 18.2 Å². The number of aliphatic hydroxyl groups is 1. The average Bonchev–Trinajstić information content (AvgIpc) is 2.58. The van der Waals surface area contributed by atoms with Gasteiger partial charge in [0, 0.05) is 13.1 Å². The van der Waals surface area contributed by atoms with Crippen LogP contribution < -0.4 is 0 Å². The van der Waals surface area contributed by atoms with E-state index in [4.69, 9.17) is 10.4 Å². The van der Waals surface area contributed by atoms with E-state index in [2.05, 4.69) is 28.7 Å². The van der Waals surface area contributed by atoms with Crippen molar-refractivity contribution in [3.63, 3.8) is 0 Å². The quantitative estimate of drug-likeness (QED) is 0.823. The van der Waals surface area contributed by atoms with Gasteiger partial charge in [-0.2, -0.15) is 5.26 Å². The number of halogens is 1. The first-order valence-electron chi connectivity index (χ1n) is 3.97. The molecule has 1 aromatic heterocycles. The van der Waals surface area contributed by atoms with E-state index < -0.39 is 0 Å². The van der Waals surface area contributed by atoms with E-state index in [0.29, 0.717) is 5.56 Å². The summed E-state index contributed by atoms with van der Waals surface area (Å²) in [5.74, 6) is 0. The molecule has 1 heterocycles. The van der Waals surface area contributed by atoms with Gasteiger partial charge in [0.05, 0.1) is 12.2 Å². The van der Waals surface area contributed by atoms with Crippen LogP contribution in [0.25, 0.3) is 10.1 Å². The SMILES string of the molecule is N#Cc1cc2cc(CO)sc2cc1I. The summed E-state index contributed by atoms with van der Waals surface area (Å²) in [4.78, 5) is 0.936. The minimum Gasteiger partial charge on any atom is -0.391 e. The van der Waals surface area contributed by atoms with Crippen LogP contribution in [0.4, 0.5) is 0 Å². The molecule has 0 aliphatic rings. The van der Waals surface area contributed by atoms with E-state index >= 15 is 0 Å². The fourth-order valence-electron chi connectivity index (χ4n) is 1.28. The van der Waals surface area contributed by atoms with Gasteiger partial charge < -0.3 is 5.11 Å². The monoisotopic (exact) mass is 315 g/mol. The standard InChI is InChI=1S/C10H6INOS/c11-9-3-10-6(1-7(9)4-12)2-8(5-13)14-10/h1-3,13H,5H2. The van der Waals surface area contributed by atoms with Gasteiger partial charge in [0.2, 0.25) is 0 Å². The second-order valence-corrected chi connectivity index (χ2v) is 5.18. The summed E-state index contributed by atoms with van der Waals surface area (Å²) < 4.78 is 2.08. The van der Waals surface area contributed by atoms with Crippen LogP contribution in [0.5, 0.6) is 0 Å². The summed E-state index contributed by atoms with van der Waals surface area (Å²) in [5, 5.41) is 18.9. The Balaban J connectivity index is 2.71. The Morgan fingerprint density at radius 2 is 2.21 bits per heavy atom. The number of aliphatic hydroxyl groups excluding tert-OH is 1. The predicted octanol–water partition coefficient (Wildman–Crippen LogP) is 2.87. The molecular formula is C10H6INOS. The zero-order valence-electron chi connectivity index (χ0n) is 7.12. The van der Waals surface area contributed by atoms with E-state index in [9.17, 15) is 0 Å². The maximum absolute atomic E-state index is 8.98. The molecule has 1 aromatic carbocycles. The van der Waals surface area contributed by atoms with Crippen molar-refractivity contribution in [1.29, 1.82) is 5.26 Å². The van der Waals surface area contributed by atoms with Gasteiger partial charge >= 0.3 is 0 Å². The molecule has 0 aliphatic carbocycles. The molecule has 70 valence electrons. The van der Waals surface area contributed by atoms with Crippen LogP contribution in [0, 0.1) is 14.9 Å². The third kappa shape index (κ3) is 1.63. The molecule has 2 rings (SSSR count). The number of nitriles is 1. The van der Waals surface area contributed by atoms with Crippen molar-refractivity contribution in [3.8, 4) is 6.07 Å². The van der Waals surface area contributed by atoms with Gasteiger partial charge in [-0.05, 0) is 46.2 Å². The van der Waals surface area contributed by atoms with Crippen LogP contribution in [-0.4, -0.2) is 5.11 Å². The molecule has 0 saturated heterocycles. The lowest BCUT2D eigenvalue weighted by Crippen LogP contribution is -1.79. The van der Waals surface area contributed by atoms with E-state index in [0.717, 1.165) is 18.5 Å². The lowest BCUT2D eigenvalue weighted by Gasteiger charge is -1.94. The smallest absolute Gasteiger partial charge is 0.100 e. The summed E-state index contributed by atoms with van der Waals surface area (Å²) in [6.07, 6.45) is 0. The Kier molecular flexibility index (Phi) is 2.72. The summed E-state index contributed by atoms with van der Waals surface area (Å²) in [7, 11) is 0. The molecule has 0 spiro atoms. The maximum atomic E-state index is 8.98. The molecule has 2 nitrogen and oxygen atoms in total. The molecule has 0 unspecified atom stereocenters. The Morgan fingerprint density at radius 3 is 2.86 bits per heavy atom. The molecule has 0 bridgehead atoms. The highest BCUT2D eigenvalue weighted by atomic mass is 127. The Labute approximate surface area is 98.9 Å². The first-order valence-corrected chi connectivity index (χ1v) is 5.87. The molecule has 2 aromatic rings. The molecule has 0 radical (unpaired) electrons. The largest absolute Gasteiger partial charge is 0.391 e. The number of benzene rings is 1. The molecule has 0 atom stereocenters. The van der Waals surface area contributed by atoms with Gasteiger partial charge in [-0.1, -0.05) is 0 Å². The van der Waals surface area contributed by atoms with E-state index in [1.807, 2.05) is 18.2 Å². The van der Waals surface area contributed by atoms with Gasteiger partial charge in [-0.3, -0.25) is 0 Å². The molecule has 0 aliphatic heterocycles. The Morgan fingerprint density at radius 1 is 1.43 bits per heavy atom. The highest BCUT2D eigenvalue weighted by Gasteiger charge is 2.05. The lowest BCUT2D eigenvalue weighted by atomic mass is 10.2. The third-order valence-corrected chi connectivity index (χ3v) is 3.91. The topological polar surface area (TPSA) is 44.0 Å². The van der Waals surface area contributed by atoms with Crippen molar-refractivity contribution < 1.29 is 5.11 Å². The molecular weight excluding hydrogens is 309 g/mol. The van der Waals surface area contributed by atoms with Crippen molar-refractivity contribution in [2.45, 2.75) is 6.61 Å². The first kappa shape index (κ1) is 9.90. The fraction of sp³-hybridized carbons (Fsp3) is 0.100. The van der Waals surface area contributed by atoms with Gasteiger partial charge in [0.1, 0.15) is 6.07 Å². The molecule has 0 fully saturated rings. The highest BCUT2D eigenvalue weighted by molar-refractivity contribution is 14.1. The lowest BCUT2D eigenvalue weighted by molar-refractivity contribution is 0.285. The fourth-order valence-corrected chi connectivity index (χ4v) is 3.03. The van der Waals surface area contributed by atoms with E-state index in [1.54, 1.807) is 11.3 Å². The minimum absolute atomic E-state index is 0.0673. The van der Waals surface area contributed by atoms with Crippen LogP contribution in [-0.2, 0) is 6.61 Å². The van der Waals surface area contributed by atoms with Crippen LogP contribution in [0.2, 0.25) is 0 Å². The first-order chi connectivity index (χ1) is 6.74. The van der Waals surface area contributed by atoms with Crippen molar-refractivity contribution >= 4 is 44.0 Å². The summed E-state index contributed by atoms with van der Waals surface area (Å²) in [6, 6.07) is 7.93. The Hall–Kier alpha value is -0.640. The number of thiophene rings is 1. The zero-order valence-corrected chi connectivity index (χ0v) is 10.1. The third-order valence-electron chi connectivity index (χ3n) is 1.93. The van der Waals surface area contributed by atoms with Gasteiger partial charge in [-0.25, -0.2) is 0 Å². The normalized spacial score (nSPS) is 10.4. The molecule has 1 N–H and O–H groups in total. The number of rotatable bonds is 1. The molecule has 14 heavy (non-hydrogen) atoms. The van der Waals surface area contributed by atoms with Crippen molar-refractivity contribution in [1.82, 2.24) is 0 Å². The number of fused-ring (bicyclic) bond motifs is 1.